The van der Waals surface area contributed by atoms with Gasteiger partial charge in [0, 0.05) is 30.5 Å². The van der Waals surface area contributed by atoms with E-state index < -0.39 is 0 Å². The molecular weight excluding hydrogens is 303 g/mol. The maximum absolute atomic E-state index is 13.7. The number of halogens is 1. The molecule has 0 bridgehead atoms. The molecular formula is C19H17FN4. The highest BCUT2D eigenvalue weighted by Gasteiger charge is 2.20. The number of nitrogens with zero attached hydrogens (tertiary/aromatic N) is 3. The lowest BCUT2D eigenvalue weighted by Crippen LogP contribution is -2.16. The van der Waals surface area contributed by atoms with Gasteiger partial charge in [-0.1, -0.05) is 36.4 Å². The molecule has 0 aliphatic carbocycles. The molecule has 4 nitrogen and oxygen atoms in total. The summed E-state index contributed by atoms with van der Waals surface area (Å²) in [4.78, 5) is 11.0. The minimum absolute atomic E-state index is 0.227. The van der Waals surface area contributed by atoms with Crippen molar-refractivity contribution >= 4 is 17.5 Å². The predicted octanol–water partition coefficient (Wildman–Crippen LogP) is 3.92. The number of benzene rings is 2. The monoisotopic (exact) mass is 320 g/mol. The van der Waals surface area contributed by atoms with E-state index in [1.807, 2.05) is 18.2 Å². The fraction of sp³-hybridized carbons (Fsp3) is 0.158. The lowest BCUT2D eigenvalue weighted by atomic mass is 10.2. The normalized spacial score (nSPS) is 13.0. The summed E-state index contributed by atoms with van der Waals surface area (Å²) >= 11 is 0. The average Bonchev–Trinajstić information content (AvgIpc) is 3.05. The van der Waals surface area contributed by atoms with E-state index in [0.717, 1.165) is 18.8 Å². The summed E-state index contributed by atoms with van der Waals surface area (Å²) in [5.41, 5.74) is 3.12. The lowest BCUT2D eigenvalue weighted by Gasteiger charge is -2.18. The molecule has 3 aromatic rings. The first-order valence-electron chi connectivity index (χ1n) is 7.97. The third-order valence-corrected chi connectivity index (χ3v) is 4.20. The molecule has 4 rings (SSSR count). The molecule has 2 aromatic carbocycles. The van der Waals surface area contributed by atoms with E-state index in [9.17, 15) is 4.39 Å². The Labute approximate surface area is 140 Å². The van der Waals surface area contributed by atoms with Gasteiger partial charge in [-0.15, -0.1) is 0 Å². The van der Waals surface area contributed by atoms with Crippen LogP contribution < -0.4 is 10.2 Å². The van der Waals surface area contributed by atoms with Crippen LogP contribution in [0, 0.1) is 5.82 Å². The molecule has 1 aromatic heterocycles. The van der Waals surface area contributed by atoms with E-state index in [1.165, 1.54) is 17.3 Å². The van der Waals surface area contributed by atoms with Gasteiger partial charge >= 0.3 is 0 Å². The van der Waals surface area contributed by atoms with E-state index in [-0.39, 0.29) is 5.82 Å². The molecule has 5 heteroatoms. The Bertz CT molecular complexity index is 865. The number of anilines is 3. The van der Waals surface area contributed by atoms with E-state index in [1.54, 1.807) is 18.3 Å². The maximum atomic E-state index is 13.7. The molecule has 24 heavy (non-hydrogen) atoms. The number of hydrogen-bond acceptors (Lipinski definition) is 4. The second-order valence-corrected chi connectivity index (χ2v) is 5.71. The van der Waals surface area contributed by atoms with Gasteiger partial charge in [-0.05, 0) is 30.2 Å². The van der Waals surface area contributed by atoms with Crippen LogP contribution in [0.15, 0.2) is 60.8 Å². The highest BCUT2D eigenvalue weighted by atomic mass is 19.1. The van der Waals surface area contributed by atoms with Gasteiger partial charge in [0.25, 0.3) is 0 Å². The van der Waals surface area contributed by atoms with Crippen molar-refractivity contribution in [2.75, 3.05) is 16.8 Å². The predicted molar refractivity (Wildman–Crippen MR) is 92.9 cm³/mol. The molecule has 0 saturated heterocycles. The second kappa shape index (κ2) is 6.28. The Hall–Kier alpha value is -2.95. The molecule has 1 N–H and O–H groups in total. The van der Waals surface area contributed by atoms with Crippen LogP contribution >= 0.6 is 0 Å². The van der Waals surface area contributed by atoms with Crippen molar-refractivity contribution in [3.63, 3.8) is 0 Å². The second-order valence-electron chi connectivity index (χ2n) is 5.71. The largest absolute Gasteiger partial charge is 0.350 e. The van der Waals surface area contributed by atoms with Crippen molar-refractivity contribution in [3.8, 4) is 0 Å². The van der Waals surface area contributed by atoms with Gasteiger partial charge in [-0.3, -0.25) is 0 Å². The Morgan fingerprint density at radius 3 is 2.79 bits per heavy atom. The zero-order chi connectivity index (χ0) is 16.4. The van der Waals surface area contributed by atoms with Crippen LogP contribution in [0.3, 0.4) is 0 Å². The first kappa shape index (κ1) is 14.6. The molecule has 1 aliphatic heterocycles. The molecule has 120 valence electrons. The summed E-state index contributed by atoms with van der Waals surface area (Å²) in [7, 11) is 0. The molecule has 0 unspecified atom stereocenters. The Kier molecular flexibility index (Phi) is 3.83. The smallest absolute Gasteiger partial charge is 0.224 e. The average molecular weight is 320 g/mol. The molecule has 0 amide bonds. The highest BCUT2D eigenvalue weighted by molar-refractivity contribution is 5.67. The molecule has 2 heterocycles. The van der Waals surface area contributed by atoms with Gasteiger partial charge in [0.15, 0.2) is 0 Å². The highest BCUT2D eigenvalue weighted by Crippen LogP contribution is 2.33. The summed E-state index contributed by atoms with van der Waals surface area (Å²) in [5.74, 6) is 1.13. The molecule has 1 aliphatic rings. The quantitative estimate of drug-likeness (QED) is 0.791. The lowest BCUT2D eigenvalue weighted by molar-refractivity contribution is 0.612. The van der Waals surface area contributed by atoms with Crippen LogP contribution in [-0.4, -0.2) is 16.5 Å². The van der Waals surface area contributed by atoms with Gasteiger partial charge in [0.05, 0.1) is 0 Å². The molecule has 0 atom stereocenters. The van der Waals surface area contributed by atoms with Crippen molar-refractivity contribution in [2.24, 2.45) is 0 Å². The maximum Gasteiger partial charge on any atom is 0.224 e. The topological polar surface area (TPSA) is 41.1 Å². The van der Waals surface area contributed by atoms with Crippen LogP contribution in [-0.2, 0) is 13.0 Å². The minimum atomic E-state index is -0.227. The summed E-state index contributed by atoms with van der Waals surface area (Å²) in [6.45, 7) is 1.26. The summed E-state index contributed by atoms with van der Waals surface area (Å²) in [6.07, 6.45) is 2.74. The van der Waals surface area contributed by atoms with Gasteiger partial charge in [-0.2, -0.15) is 4.98 Å². The summed E-state index contributed by atoms with van der Waals surface area (Å²) in [5, 5.41) is 3.10. The van der Waals surface area contributed by atoms with E-state index >= 15 is 0 Å². The fourth-order valence-electron chi connectivity index (χ4n) is 2.98. The zero-order valence-corrected chi connectivity index (χ0v) is 13.1. The SMILES string of the molecule is Fc1ccccc1CNc1nccc(N2CCc3ccccc32)n1. The first-order chi connectivity index (χ1) is 11.8. The molecule has 0 fully saturated rings. The first-order valence-corrected chi connectivity index (χ1v) is 7.97. The number of para-hydroxylation sites is 1. The molecule has 0 radical (unpaired) electrons. The van der Waals surface area contributed by atoms with Crippen LogP contribution in [0.5, 0.6) is 0 Å². The van der Waals surface area contributed by atoms with Crippen molar-refractivity contribution < 1.29 is 4.39 Å². The number of aromatic nitrogens is 2. The van der Waals surface area contributed by atoms with Gasteiger partial charge in [0.1, 0.15) is 11.6 Å². The number of nitrogens with one attached hydrogen (secondary N) is 1. The standard InChI is InChI=1S/C19H17FN4/c20-16-7-3-1-6-15(16)13-22-19-21-11-9-18(23-19)24-12-10-14-5-2-4-8-17(14)24/h1-9,11H,10,12-13H2,(H,21,22,23). The Morgan fingerprint density at radius 1 is 1.04 bits per heavy atom. The van der Waals surface area contributed by atoms with Crippen LogP contribution in [0.2, 0.25) is 0 Å². The van der Waals surface area contributed by atoms with Crippen molar-refractivity contribution in [2.45, 2.75) is 13.0 Å². The molecule has 0 saturated carbocycles. The van der Waals surface area contributed by atoms with E-state index in [0.29, 0.717) is 18.1 Å². The third kappa shape index (κ3) is 2.80. The third-order valence-electron chi connectivity index (χ3n) is 4.20. The Balaban J connectivity index is 1.54. The number of fused-ring (bicyclic) bond motifs is 1. The van der Waals surface area contributed by atoms with Crippen molar-refractivity contribution in [1.29, 1.82) is 0 Å². The minimum Gasteiger partial charge on any atom is -0.350 e. The van der Waals surface area contributed by atoms with E-state index in [4.69, 9.17) is 0 Å². The van der Waals surface area contributed by atoms with Crippen molar-refractivity contribution in [1.82, 2.24) is 9.97 Å². The van der Waals surface area contributed by atoms with Gasteiger partial charge < -0.3 is 10.2 Å². The molecule has 0 spiro atoms. The van der Waals surface area contributed by atoms with Crippen LogP contribution in [0.25, 0.3) is 0 Å². The van der Waals surface area contributed by atoms with Crippen LogP contribution in [0.4, 0.5) is 21.8 Å². The Morgan fingerprint density at radius 2 is 1.88 bits per heavy atom. The van der Waals surface area contributed by atoms with E-state index in [2.05, 4.69) is 38.4 Å². The number of rotatable bonds is 4. The van der Waals surface area contributed by atoms with Gasteiger partial charge in [0.2, 0.25) is 5.95 Å². The summed E-state index contributed by atoms with van der Waals surface area (Å²) in [6, 6.07) is 17.0. The summed E-state index contributed by atoms with van der Waals surface area (Å²) < 4.78 is 13.7. The van der Waals surface area contributed by atoms with Crippen LogP contribution in [0.1, 0.15) is 11.1 Å². The zero-order valence-electron chi connectivity index (χ0n) is 13.1. The van der Waals surface area contributed by atoms with Gasteiger partial charge in [-0.25, -0.2) is 9.37 Å². The van der Waals surface area contributed by atoms with Crippen molar-refractivity contribution in [3.05, 3.63) is 77.7 Å². The number of hydrogen-bond donors (Lipinski definition) is 1. The fourth-order valence-corrected chi connectivity index (χ4v) is 2.98.